The summed E-state index contributed by atoms with van der Waals surface area (Å²) in [5, 5.41) is 109. The second-order valence-electron chi connectivity index (χ2n) is 19.6. The number of aliphatic hydroxyl groups excluding tert-OH is 9. The zero-order valence-corrected chi connectivity index (χ0v) is 44.5. The number of amides is 4. The molecular formula is C48H77N4O25S-. The van der Waals surface area contributed by atoms with Gasteiger partial charge in [0.1, 0.15) is 103 Å². The largest absolute Gasteiger partial charge is 0.726 e. The molecule has 1 aromatic carbocycles. The number of rotatable bonds is 28. The predicted octanol–water partition coefficient (Wildman–Crippen LogP) is -4.49. The summed E-state index contributed by atoms with van der Waals surface area (Å²) in [5.74, 6) is -2.84. The Bertz CT molecular complexity index is 2170. The fourth-order valence-corrected chi connectivity index (χ4v) is 9.94. The Morgan fingerprint density at radius 1 is 0.564 bits per heavy atom. The minimum Gasteiger partial charge on any atom is -0.726 e. The van der Waals surface area contributed by atoms with Crippen LogP contribution in [0.25, 0.3) is 0 Å². The van der Waals surface area contributed by atoms with Crippen molar-refractivity contribution >= 4 is 34.0 Å². The first-order valence-electron chi connectivity index (χ1n) is 26.0. The number of ether oxygens (including phenoxy) is 8. The third-order valence-electron chi connectivity index (χ3n) is 13.6. The van der Waals surface area contributed by atoms with E-state index in [1.54, 1.807) is 12.1 Å². The van der Waals surface area contributed by atoms with Gasteiger partial charge in [0.2, 0.25) is 28.1 Å². The van der Waals surface area contributed by atoms with Crippen LogP contribution in [0.4, 0.5) is 0 Å². The molecule has 4 saturated heterocycles. The molecule has 5 rings (SSSR count). The van der Waals surface area contributed by atoms with Gasteiger partial charge in [0, 0.05) is 26.3 Å². The first-order chi connectivity index (χ1) is 37.0. The van der Waals surface area contributed by atoms with E-state index in [0.29, 0.717) is 12.4 Å². The highest BCUT2D eigenvalue weighted by Crippen LogP contribution is 2.35. The number of unbranched alkanes of at least 4 members (excludes halogenated alkanes) is 8. The van der Waals surface area contributed by atoms with Crippen molar-refractivity contribution in [3.63, 3.8) is 0 Å². The van der Waals surface area contributed by atoms with Gasteiger partial charge in [0.05, 0.1) is 33.0 Å². The normalized spacial score (nSPS) is 35.3. The molecule has 4 aliphatic heterocycles. The lowest BCUT2D eigenvalue weighted by Crippen LogP contribution is -2.71. The van der Waals surface area contributed by atoms with Crippen LogP contribution in [0.15, 0.2) is 24.3 Å². The average Bonchev–Trinajstić information content (AvgIpc) is 3.47. The van der Waals surface area contributed by atoms with Crippen molar-refractivity contribution in [1.29, 1.82) is 0 Å². The van der Waals surface area contributed by atoms with Crippen LogP contribution in [0, 0.1) is 0 Å². The van der Waals surface area contributed by atoms with E-state index in [4.69, 9.17) is 37.9 Å². The minimum atomic E-state index is -5.41. The molecule has 0 saturated carbocycles. The molecule has 4 amide bonds. The topological polar surface area (TPSA) is 439 Å². The van der Waals surface area contributed by atoms with Gasteiger partial charge in [-0.05, 0) is 24.6 Å². The summed E-state index contributed by atoms with van der Waals surface area (Å²) < 4.78 is 85.7. The van der Waals surface area contributed by atoms with Crippen LogP contribution in [-0.2, 0) is 62.1 Å². The Kier molecular flexibility index (Phi) is 25.7. The van der Waals surface area contributed by atoms with Crippen LogP contribution in [0.1, 0.15) is 95.8 Å². The van der Waals surface area contributed by atoms with Gasteiger partial charge < -0.3 is 110 Å². The Balaban J connectivity index is 1.34. The van der Waals surface area contributed by atoms with Crippen LogP contribution >= 0.6 is 0 Å². The minimum absolute atomic E-state index is 0.0706. The summed E-state index contributed by atoms with van der Waals surface area (Å²) in [4.78, 5) is 51.1. The van der Waals surface area contributed by atoms with Crippen molar-refractivity contribution in [3.05, 3.63) is 29.8 Å². The molecule has 30 heteroatoms. The maximum atomic E-state index is 13.8. The van der Waals surface area contributed by atoms with Gasteiger partial charge in [-0.25, -0.2) is 8.42 Å². The van der Waals surface area contributed by atoms with E-state index in [1.165, 1.54) is 44.2 Å². The summed E-state index contributed by atoms with van der Waals surface area (Å²) in [5.41, 5.74) is 0.0706. The quantitative estimate of drug-likeness (QED) is 0.0214. The van der Waals surface area contributed by atoms with Crippen LogP contribution in [0.2, 0.25) is 0 Å². The molecule has 0 aliphatic carbocycles. The lowest BCUT2D eigenvalue weighted by atomic mass is 9.93. The zero-order valence-electron chi connectivity index (χ0n) is 43.7. The van der Waals surface area contributed by atoms with Crippen molar-refractivity contribution in [1.82, 2.24) is 21.3 Å². The third-order valence-corrected chi connectivity index (χ3v) is 14.0. The predicted molar refractivity (Wildman–Crippen MR) is 262 cm³/mol. The van der Waals surface area contributed by atoms with Crippen molar-refractivity contribution in [2.75, 3.05) is 33.0 Å². The Labute approximate surface area is 451 Å². The monoisotopic (exact) mass is 1140 g/mol. The van der Waals surface area contributed by atoms with E-state index in [1.807, 2.05) is 0 Å². The van der Waals surface area contributed by atoms with E-state index < -0.39 is 183 Å². The average molecular weight is 1140 g/mol. The van der Waals surface area contributed by atoms with Gasteiger partial charge >= 0.3 is 0 Å². The van der Waals surface area contributed by atoms with Gasteiger partial charge in [0.25, 0.3) is 5.91 Å². The smallest absolute Gasteiger partial charge is 0.251 e. The molecule has 1 aromatic rings. The number of carbonyl (C=O) groups is 4. The summed E-state index contributed by atoms with van der Waals surface area (Å²) in [6.07, 6.45) is -19.6. The standard InChI is InChI=1S/C48H78N4O25S/c1-5-6-7-8-9-10-11-12-13-17-69-27-16-14-15-26(18-27)44(64)52-33-37(60)36(59)28(19-53)72-46(33)75-41-29(20-54)73-47(34(39(41)62)50-24(3)57)76-42-30(21-55)74-48(35(40(42)63)51-25(4)58)77-43-31(22-70-78(66,67)68)71-45(65)32(38(43)61)49-23(2)56/h14-16,18,28-43,45-48,53-55,59-63,65H,5-13,17,19-22H2,1-4H3,(H,49,56)(H,50,57)(H,51,58)(H,52,64)(H,66,67,68)/p-1/t28?,29?,30?,31?,32?,33?,34?,35?,36-,37+,38?,39?,40+,41+,42-,43+,45?,46-,47+,48-/m0/s1. The van der Waals surface area contributed by atoms with Crippen LogP contribution in [-0.4, -0.2) is 238 Å². The zero-order chi connectivity index (χ0) is 57.4. The first-order valence-corrected chi connectivity index (χ1v) is 27.3. The SMILES string of the molecule is CCCCCCCCCCCOc1cccc(C(=O)NC2[C@H](O[C@@H]3C(CO)O[C@H](O[C@H]4C(CO)O[C@@H](O[C@@H]5C(COS(=O)(=O)[O-])OC(O)C(NC(C)=O)C5O)C(NC(C)=O)[C@H]4O)C(NC(C)=O)C3O)OC(CO)[C@H](O)[C@@H]2O)c1. The molecule has 0 radical (unpaired) electrons. The van der Waals surface area contributed by atoms with Gasteiger partial charge in [-0.15, -0.1) is 0 Å². The van der Waals surface area contributed by atoms with Gasteiger partial charge in [-0.2, -0.15) is 0 Å². The molecule has 0 bridgehead atoms. The van der Waals surface area contributed by atoms with E-state index in [-0.39, 0.29) is 5.56 Å². The van der Waals surface area contributed by atoms with Crippen molar-refractivity contribution < 1.29 is 120 Å². The summed E-state index contributed by atoms with van der Waals surface area (Å²) in [6.45, 7) is 1.58. The first kappa shape index (κ1) is 64.9. The van der Waals surface area contributed by atoms with Crippen molar-refractivity contribution in [2.24, 2.45) is 0 Å². The molecule has 20 atom stereocenters. The Morgan fingerprint density at radius 3 is 1.47 bits per heavy atom. The molecule has 78 heavy (non-hydrogen) atoms. The highest BCUT2D eigenvalue weighted by atomic mass is 32.3. The molecule has 4 heterocycles. The molecule has 4 aliphatic rings. The fourth-order valence-electron chi connectivity index (χ4n) is 9.64. The molecular weight excluding hydrogens is 1060 g/mol. The van der Waals surface area contributed by atoms with Gasteiger partial charge in [-0.1, -0.05) is 64.4 Å². The fraction of sp³-hybridized carbons (Fsp3) is 0.792. The molecule has 446 valence electrons. The summed E-state index contributed by atoms with van der Waals surface area (Å²) in [7, 11) is -5.41. The maximum absolute atomic E-state index is 13.8. The summed E-state index contributed by atoms with van der Waals surface area (Å²) in [6, 6.07) is -0.636. The maximum Gasteiger partial charge on any atom is 0.251 e. The summed E-state index contributed by atoms with van der Waals surface area (Å²) >= 11 is 0. The highest BCUT2D eigenvalue weighted by Gasteiger charge is 2.56. The lowest BCUT2D eigenvalue weighted by Gasteiger charge is -2.51. The number of aliphatic hydroxyl groups is 9. The third kappa shape index (κ3) is 18.1. The number of nitrogens with one attached hydrogen (secondary N) is 4. The molecule has 0 spiro atoms. The molecule has 29 nitrogen and oxygen atoms in total. The number of hydrogen-bond donors (Lipinski definition) is 13. The molecule has 13 N–H and O–H groups in total. The number of hydrogen-bond acceptors (Lipinski definition) is 25. The Morgan fingerprint density at radius 2 is 1.00 bits per heavy atom. The van der Waals surface area contributed by atoms with E-state index >= 15 is 0 Å². The van der Waals surface area contributed by atoms with E-state index in [0.717, 1.165) is 46.5 Å². The number of carbonyl (C=O) groups excluding carboxylic acids is 4. The second kappa shape index (κ2) is 30.8. The van der Waals surface area contributed by atoms with Crippen LogP contribution in [0.3, 0.4) is 0 Å². The number of benzene rings is 1. The second-order valence-corrected chi connectivity index (χ2v) is 20.6. The van der Waals surface area contributed by atoms with Crippen molar-refractivity contribution in [2.45, 2.75) is 208 Å². The van der Waals surface area contributed by atoms with Crippen LogP contribution in [0.5, 0.6) is 5.75 Å². The Hall–Kier alpha value is -3.87. The molecule has 0 aromatic heterocycles. The molecule has 11 unspecified atom stereocenters. The van der Waals surface area contributed by atoms with E-state index in [9.17, 15) is 78.1 Å². The van der Waals surface area contributed by atoms with Gasteiger partial charge in [0.15, 0.2) is 25.2 Å². The van der Waals surface area contributed by atoms with E-state index in [2.05, 4.69) is 32.4 Å². The highest BCUT2D eigenvalue weighted by molar-refractivity contribution is 7.80. The lowest BCUT2D eigenvalue weighted by molar-refractivity contribution is -0.361. The van der Waals surface area contributed by atoms with Gasteiger partial charge in [-0.3, -0.25) is 23.4 Å². The molecule has 4 fully saturated rings. The van der Waals surface area contributed by atoms with Crippen LogP contribution < -0.4 is 26.0 Å². The van der Waals surface area contributed by atoms with Crippen molar-refractivity contribution in [3.8, 4) is 5.75 Å².